The number of benzene rings is 1. The molecule has 202 valence electrons. The van der Waals surface area contributed by atoms with Crippen molar-refractivity contribution in [3.63, 3.8) is 0 Å². The third-order valence-electron chi connectivity index (χ3n) is 7.25. The smallest absolute Gasteiger partial charge is 0.330 e. The quantitative estimate of drug-likeness (QED) is 0.0900. The number of phenolic OH excluding ortho intramolecular Hbond substituents is 2. The van der Waals surface area contributed by atoms with Crippen LogP contribution in [0.4, 0.5) is 0 Å². The van der Waals surface area contributed by atoms with Crippen molar-refractivity contribution in [3.05, 3.63) is 42.2 Å². The fourth-order valence-corrected chi connectivity index (χ4v) is 5.18. The standard InChI is InChI=1S/C24H28O13/c25-9-24-16-11(17(29)21(24)37-24)5-6-33-22(16)36-23-20(32)19(31)18(30)14(35-23)8-34-15(28)4-2-10-1-3-12(26)13(27)7-10/h1-7,11,14,16-23,25-27,29-32H,8-9H2/b4-2+/t11?,14-,16?,17+,18-,19+,20-,21+,22+,23+,24-/m1/s1. The Morgan fingerprint density at radius 1 is 1.03 bits per heavy atom. The summed E-state index contributed by atoms with van der Waals surface area (Å²) in [7, 11) is 0. The van der Waals surface area contributed by atoms with Crippen LogP contribution in [-0.4, -0.2) is 110 Å². The second-order valence-electron chi connectivity index (χ2n) is 9.44. The molecule has 1 aromatic carbocycles. The number of aliphatic hydroxyl groups is 5. The zero-order valence-electron chi connectivity index (χ0n) is 19.3. The molecule has 3 aliphatic heterocycles. The summed E-state index contributed by atoms with van der Waals surface area (Å²) in [4.78, 5) is 12.1. The van der Waals surface area contributed by atoms with Crippen LogP contribution in [0.15, 0.2) is 36.6 Å². The SMILES string of the molecule is O=C(/C=C/c1ccc(O)c(O)c1)OC[C@H]1O[C@@H](O[C@@H]2OC=CC3C2[C@@]2(CO)O[C@H]2[C@H]3O)[C@H](O)[C@@H](O)[C@@H]1O. The maximum absolute atomic E-state index is 12.1. The lowest BCUT2D eigenvalue weighted by molar-refractivity contribution is -0.344. The van der Waals surface area contributed by atoms with E-state index in [2.05, 4.69) is 0 Å². The van der Waals surface area contributed by atoms with Crippen molar-refractivity contribution in [2.24, 2.45) is 11.8 Å². The fourth-order valence-electron chi connectivity index (χ4n) is 5.18. The number of phenols is 2. The minimum Gasteiger partial charge on any atom is -0.504 e. The number of ether oxygens (including phenoxy) is 5. The van der Waals surface area contributed by atoms with Crippen molar-refractivity contribution in [3.8, 4) is 11.5 Å². The Morgan fingerprint density at radius 3 is 2.54 bits per heavy atom. The molecule has 1 aromatic rings. The first-order valence-electron chi connectivity index (χ1n) is 11.7. The van der Waals surface area contributed by atoms with Crippen LogP contribution in [-0.2, 0) is 28.5 Å². The molecular weight excluding hydrogens is 496 g/mol. The molecule has 0 radical (unpaired) electrons. The molecule has 11 atom stereocenters. The van der Waals surface area contributed by atoms with Gasteiger partial charge in [-0.15, -0.1) is 0 Å². The third-order valence-corrected chi connectivity index (χ3v) is 7.25. The molecule has 13 heteroatoms. The molecule has 0 spiro atoms. The first-order chi connectivity index (χ1) is 17.7. The molecule has 3 fully saturated rings. The molecule has 5 rings (SSSR count). The second-order valence-corrected chi connectivity index (χ2v) is 9.44. The van der Waals surface area contributed by atoms with Crippen molar-refractivity contribution in [1.82, 2.24) is 0 Å². The maximum Gasteiger partial charge on any atom is 0.330 e. The molecular formula is C24H28O13. The lowest BCUT2D eigenvalue weighted by Crippen LogP contribution is -2.60. The normalized spacial score (nSPS) is 42.2. The number of aliphatic hydroxyl groups excluding tert-OH is 5. The number of rotatable bonds is 7. The fraction of sp³-hybridized carbons (Fsp3) is 0.542. The highest BCUT2D eigenvalue weighted by Crippen LogP contribution is 2.59. The predicted octanol–water partition coefficient (Wildman–Crippen LogP) is -1.91. The molecule has 0 aromatic heterocycles. The molecule has 3 heterocycles. The van der Waals surface area contributed by atoms with E-state index in [1.165, 1.54) is 30.5 Å². The minimum atomic E-state index is -1.71. The number of hydrogen-bond acceptors (Lipinski definition) is 13. The highest BCUT2D eigenvalue weighted by molar-refractivity contribution is 5.87. The lowest BCUT2D eigenvalue weighted by Gasteiger charge is -2.43. The van der Waals surface area contributed by atoms with Crippen molar-refractivity contribution in [2.75, 3.05) is 13.2 Å². The molecule has 13 nitrogen and oxygen atoms in total. The van der Waals surface area contributed by atoms with Gasteiger partial charge in [-0.3, -0.25) is 0 Å². The Balaban J connectivity index is 1.21. The number of epoxide rings is 1. The highest BCUT2D eigenvalue weighted by atomic mass is 16.8. The Morgan fingerprint density at radius 2 is 1.81 bits per heavy atom. The van der Waals surface area contributed by atoms with Crippen LogP contribution in [0.5, 0.6) is 11.5 Å². The molecule has 4 aliphatic rings. The van der Waals surface area contributed by atoms with Crippen LogP contribution in [0.25, 0.3) is 6.08 Å². The van der Waals surface area contributed by atoms with Crippen LogP contribution in [0.1, 0.15) is 5.56 Å². The van der Waals surface area contributed by atoms with Gasteiger partial charge >= 0.3 is 5.97 Å². The summed E-state index contributed by atoms with van der Waals surface area (Å²) in [5.41, 5.74) is -0.667. The third kappa shape index (κ3) is 4.57. The van der Waals surface area contributed by atoms with Gasteiger partial charge in [0.1, 0.15) is 42.7 Å². The van der Waals surface area contributed by atoms with Gasteiger partial charge in [0.25, 0.3) is 0 Å². The predicted molar refractivity (Wildman–Crippen MR) is 119 cm³/mol. The monoisotopic (exact) mass is 524 g/mol. The van der Waals surface area contributed by atoms with E-state index < -0.39 is 85.8 Å². The van der Waals surface area contributed by atoms with E-state index >= 15 is 0 Å². The Bertz CT molecular complexity index is 1070. The van der Waals surface area contributed by atoms with Gasteiger partial charge in [0.2, 0.25) is 6.29 Å². The average Bonchev–Trinajstić information content (AvgIpc) is 3.58. The number of hydrogen-bond donors (Lipinski definition) is 7. The van der Waals surface area contributed by atoms with E-state index in [9.17, 15) is 40.5 Å². The Kier molecular flexibility index (Phi) is 6.89. The average molecular weight is 524 g/mol. The first kappa shape index (κ1) is 25.9. The van der Waals surface area contributed by atoms with Gasteiger partial charge in [-0.25, -0.2) is 4.79 Å². The molecule has 2 saturated heterocycles. The van der Waals surface area contributed by atoms with Gasteiger partial charge in [0.15, 0.2) is 17.8 Å². The number of fused-ring (bicyclic) bond motifs is 3. The molecule has 0 amide bonds. The summed E-state index contributed by atoms with van der Waals surface area (Å²) in [6.07, 6.45) is -5.09. The van der Waals surface area contributed by atoms with Crippen molar-refractivity contribution in [1.29, 1.82) is 0 Å². The van der Waals surface area contributed by atoms with Crippen LogP contribution in [0.3, 0.4) is 0 Å². The van der Waals surface area contributed by atoms with Crippen LogP contribution >= 0.6 is 0 Å². The molecule has 37 heavy (non-hydrogen) atoms. The molecule has 7 N–H and O–H groups in total. The molecule has 2 unspecified atom stereocenters. The Labute approximate surface area is 210 Å². The van der Waals surface area contributed by atoms with E-state index in [1.54, 1.807) is 6.08 Å². The zero-order chi connectivity index (χ0) is 26.5. The van der Waals surface area contributed by atoms with Crippen molar-refractivity contribution in [2.45, 2.75) is 54.8 Å². The van der Waals surface area contributed by atoms with Gasteiger partial charge in [-0.2, -0.15) is 0 Å². The van der Waals surface area contributed by atoms with Gasteiger partial charge in [0, 0.05) is 12.0 Å². The minimum absolute atomic E-state index is 0.314. The van der Waals surface area contributed by atoms with Gasteiger partial charge < -0.3 is 59.4 Å². The highest BCUT2D eigenvalue weighted by Gasteiger charge is 2.75. The first-order valence-corrected chi connectivity index (χ1v) is 11.7. The summed E-state index contributed by atoms with van der Waals surface area (Å²) in [6.45, 7) is -0.894. The number of carbonyl (C=O) groups excluding carboxylic acids is 1. The largest absolute Gasteiger partial charge is 0.504 e. The van der Waals surface area contributed by atoms with E-state index in [1.807, 2.05) is 0 Å². The number of esters is 1. The zero-order valence-corrected chi connectivity index (χ0v) is 19.3. The summed E-state index contributed by atoms with van der Waals surface area (Å²) in [5.74, 6) is -2.59. The van der Waals surface area contributed by atoms with Crippen molar-refractivity contribution >= 4 is 12.0 Å². The lowest BCUT2D eigenvalue weighted by atomic mass is 9.85. The summed E-state index contributed by atoms with van der Waals surface area (Å²) in [5, 5.41) is 70.4. The number of aromatic hydroxyl groups is 2. The van der Waals surface area contributed by atoms with Gasteiger partial charge in [-0.1, -0.05) is 6.07 Å². The van der Waals surface area contributed by atoms with Gasteiger partial charge in [-0.05, 0) is 29.8 Å². The maximum atomic E-state index is 12.1. The topological polar surface area (TPSA) is 208 Å². The van der Waals surface area contributed by atoms with E-state index in [0.717, 1.165) is 6.08 Å². The van der Waals surface area contributed by atoms with Crippen LogP contribution in [0.2, 0.25) is 0 Å². The molecule has 1 saturated carbocycles. The summed E-state index contributed by atoms with van der Waals surface area (Å²) < 4.78 is 27.6. The molecule has 0 bridgehead atoms. The second kappa shape index (κ2) is 9.85. The Hall–Kier alpha value is -2.75. The van der Waals surface area contributed by atoms with E-state index in [-0.39, 0.29) is 11.5 Å². The van der Waals surface area contributed by atoms with Crippen LogP contribution < -0.4 is 0 Å². The molecule has 1 aliphatic carbocycles. The summed E-state index contributed by atoms with van der Waals surface area (Å²) >= 11 is 0. The number of carbonyl (C=O) groups is 1. The summed E-state index contributed by atoms with van der Waals surface area (Å²) in [6, 6.07) is 3.94. The van der Waals surface area contributed by atoms with Gasteiger partial charge in [0.05, 0.1) is 24.9 Å². The van der Waals surface area contributed by atoms with E-state index in [0.29, 0.717) is 5.56 Å². The van der Waals surface area contributed by atoms with Crippen molar-refractivity contribution < 1.29 is 64.2 Å². The van der Waals surface area contributed by atoms with Crippen LogP contribution in [0, 0.1) is 11.8 Å². The van der Waals surface area contributed by atoms with E-state index in [4.69, 9.17) is 23.7 Å².